The number of hydrogen-bond donors (Lipinski definition) is 1. The molecule has 1 N–H and O–H groups in total. The number of nitrogens with zero attached hydrogens (tertiary/aromatic N) is 1. The molecule has 2 heteroatoms. The van der Waals surface area contributed by atoms with E-state index in [-0.39, 0.29) is 0 Å². The van der Waals surface area contributed by atoms with Crippen molar-refractivity contribution in [3.05, 3.63) is 35.9 Å². The summed E-state index contributed by atoms with van der Waals surface area (Å²) in [5.41, 5.74) is 1.37. The first-order valence-corrected chi connectivity index (χ1v) is 7.28. The molecule has 0 radical (unpaired) electrons. The van der Waals surface area contributed by atoms with E-state index < -0.39 is 0 Å². The van der Waals surface area contributed by atoms with Crippen molar-refractivity contribution in [2.45, 2.75) is 32.2 Å². The number of nitrogens with one attached hydrogen (secondary N) is 1. The van der Waals surface area contributed by atoms with Gasteiger partial charge in [-0.2, -0.15) is 0 Å². The van der Waals surface area contributed by atoms with Crippen molar-refractivity contribution in [3.8, 4) is 0 Å². The van der Waals surface area contributed by atoms with Crippen molar-refractivity contribution in [1.29, 1.82) is 0 Å². The van der Waals surface area contributed by atoms with Gasteiger partial charge in [0.15, 0.2) is 0 Å². The molecule has 0 heterocycles. The van der Waals surface area contributed by atoms with Gasteiger partial charge < -0.3 is 10.2 Å². The van der Waals surface area contributed by atoms with Crippen LogP contribution < -0.4 is 5.32 Å². The van der Waals surface area contributed by atoms with E-state index in [1.807, 2.05) is 0 Å². The second kappa shape index (κ2) is 7.55. The maximum atomic E-state index is 3.52. The zero-order chi connectivity index (χ0) is 12.6. The van der Waals surface area contributed by atoms with Gasteiger partial charge in [0.05, 0.1) is 0 Å². The Hall–Kier alpha value is -0.860. The van der Waals surface area contributed by atoms with Crippen LogP contribution >= 0.6 is 0 Å². The van der Waals surface area contributed by atoms with E-state index in [4.69, 9.17) is 0 Å². The molecular weight excluding hydrogens is 220 g/mol. The minimum Gasteiger partial charge on any atom is -0.311 e. The third-order valence-corrected chi connectivity index (χ3v) is 3.89. The van der Waals surface area contributed by atoms with E-state index in [1.165, 1.54) is 37.8 Å². The second-order valence-electron chi connectivity index (χ2n) is 5.58. The quantitative estimate of drug-likeness (QED) is 0.744. The summed E-state index contributed by atoms with van der Waals surface area (Å²) in [6.07, 6.45) is 5.79. The molecule has 2 rings (SSSR count). The van der Waals surface area contributed by atoms with Crippen molar-refractivity contribution >= 4 is 0 Å². The molecule has 1 aliphatic carbocycles. The largest absolute Gasteiger partial charge is 0.311 e. The SMILES string of the molecule is CN(CCNCc1ccccc1)CC1CCCC1. The lowest BCUT2D eigenvalue weighted by Crippen LogP contribution is -2.32. The summed E-state index contributed by atoms with van der Waals surface area (Å²) >= 11 is 0. The summed E-state index contributed by atoms with van der Waals surface area (Å²) in [6.45, 7) is 4.51. The Morgan fingerprint density at radius 1 is 1.17 bits per heavy atom. The summed E-state index contributed by atoms with van der Waals surface area (Å²) in [4.78, 5) is 2.48. The van der Waals surface area contributed by atoms with Crippen LogP contribution in [0, 0.1) is 5.92 Å². The van der Waals surface area contributed by atoms with Crippen LogP contribution in [0.3, 0.4) is 0 Å². The van der Waals surface area contributed by atoms with Crippen molar-refractivity contribution in [2.75, 3.05) is 26.7 Å². The molecule has 0 bridgehead atoms. The lowest BCUT2D eigenvalue weighted by molar-refractivity contribution is 0.277. The molecule has 100 valence electrons. The standard InChI is InChI=1S/C16H26N2/c1-18(14-16-9-5-6-10-16)12-11-17-13-15-7-3-2-4-8-15/h2-4,7-8,16-17H,5-6,9-14H2,1H3. The first-order valence-electron chi connectivity index (χ1n) is 7.28. The predicted octanol–water partition coefficient (Wildman–Crippen LogP) is 2.90. The molecule has 1 aliphatic rings. The first-order chi connectivity index (χ1) is 8.84. The van der Waals surface area contributed by atoms with Crippen molar-refractivity contribution in [3.63, 3.8) is 0 Å². The molecule has 0 amide bonds. The number of likely N-dealkylation sites (N-methyl/N-ethyl adjacent to an activating group) is 1. The molecule has 0 aromatic heterocycles. The average molecular weight is 246 g/mol. The van der Waals surface area contributed by atoms with E-state index in [0.717, 1.165) is 25.6 Å². The van der Waals surface area contributed by atoms with E-state index >= 15 is 0 Å². The molecule has 18 heavy (non-hydrogen) atoms. The van der Waals surface area contributed by atoms with Gasteiger partial charge in [0, 0.05) is 26.2 Å². The zero-order valence-corrected chi connectivity index (χ0v) is 11.6. The fourth-order valence-electron chi connectivity index (χ4n) is 2.82. The van der Waals surface area contributed by atoms with Gasteiger partial charge in [-0.1, -0.05) is 43.2 Å². The van der Waals surface area contributed by atoms with Crippen LogP contribution in [0.25, 0.3) is 0 Å². The topological polar surface area (TPSA) is 15.3 Å². The predicted molar refractivity (Wildman–Crippen MR) is 77.6 cm³/mol. The lowest BCUT2D eigenvalue weighted by atomic mass is 10.1. The molecule has 0 unspecified atom stereocenters. The van der Waals surface area contributed by atoms with Crippen LogP contribution in [0.1, 0.15) is 31.2 Å². The summed E-state index contributed by atoms with van der Waals surface area (Å²) in [6, 6.07) is 10.6. The van der Waals surface area contributed by atoms with E-state index in [0.29, 0.717) is 0 Å². The Balaban J connectivity index is 1.54. The number of hydrogen-bond acceptors (Lipinski definition) is 2. The minimum atomic E-state index is 0.962. The highest BCUT2D eigenvalue weighted by atomic mass is 15.1. The van der Waals surface area contributed by atoms with Crippen LogP contribution in [-0.2, 0) is 6.54 Å². The monoisotopic (exact) mass is 246 g/mol. The highest BCUT2D eigenvalue weighted by Gasteiger charge is 2.16. The number of rotatable bonds is 7. The molecule has 1 aromatic rings. The van der Waals surface area contributed by atoms with Gasteiger partial charge in [0.2, 0.25) is 0 Å². The van der Waals surface area contributed by atoms with Gasteiger partial charge in [-0.25, -0.2) is 0 Å². The molecule has 0 spiro atoms. The Kier molecular flexibility index (Phi) is 5.69. The summed E-state index contributed by atoms with van der Waals surface area (Å²) in [5, 5.41) is 3.52. The van der Waals surface area contributed by atoms with Crippen LogP contribution in [0.15, 0.2) is 30.3 Å². The molecule has 1 fully saturated rings. The third-order valence-electron chi connectivity index (χ3n) is 3.89. The smallest absolute Gasteiger partial charge is 0.0206 e. The maximum Gasteiger partial charge on any atom is 0.0206 e. The Bertz CT molecular complexity index is 317. The highest BCUT2D eigenvalue weighted by Crippen LogP contribution is 2.24. The minimum absolute atomic E-state index is 0.962. The fourth-order valence-corrected chi connectivity index (χ4v) is 2.82. The normalized spacial score (nSPS) is 16.6. The lowest BCUT2D eigenvalue weighted by Gasteiger charge is -2.20. The van der Waals surface area contributed by atoms with Crippen LogP contribution in [0.4, 0.5) is 0 Å². The zero-order valence-electron chi connectivity index (χ0n) is 11.6. The van der Waals surface area contributed by atoms with Gasteiger partial charge in [0.1, 0.15) is 0 Å². The molecule has 1 saturated carbocycles. The number of benzene rings is 1. The molecule has 0 atom stereocenters. The molecule has 0 aliphatic heterocycles. The van der Waals surface area contributed by atoms with Crippen LogP contribution in [-0.4, -0.2) is 31.6 Å². The van der Waals surface area contributed by atoms with Gasteiger partial charge in [-0.05, 0) is 31.4 Å². The van der Waals surface area contributed by atoms with Gasteiger partial charge in [-0.15, -0.1) is 0 Å². The van der Waals surface area contributed by atoms with Crippen molar-refractivity contribution in [2.24, 2.45) is 5.92 Å². The molecule has 0 saturated heterocycles. The van der Waals surface area contributed by atoms with Crippen LogP contribution in [0.5, 0.6) is 0 Å². The third kappa shape index (κ3) is 4.79. The Morgan fingerprint density at radius 3 is 2.61 bits per heavy atom. The first kappa shape index (κ1) is 13.6. The Labute approximate surface area is 111 Å². The summed E-state index contributed by atoms with van der Waals surface area (Å²) in [7, 11) is 2.25. The second-order valence-corrected chi connectivity index (χ2v) is 5.58. The van der Waals surface area contributed by atoms with Crippen molar-refractivity contribution < 1.29 is 0 Å². The van der Waals surface area contributed by atoms with Gasteiger partial charge >= 0.3 is 0 Å². The molecule has 1 aromatic carbocycles. The van der Waals surface area contributed by atoms with E-state index in [2.05, 4.69) is 47.6 Å². The molecular formula is C16H26N2. The molecule has 2 nitrogen and oxygen atoms in total. The van der Waals surface area contributed by atoms with E-state index in [9.17, 15) is 0 Å². The van der Waals surface area contributed by atoms with E-state index in [1.54, 1.807) is 0 Å². The fraction of sp³-hybridized carbons (Fsp3) is 0.625. The Morgan fingerprint density at radius 2 is 1.89 bits per heavy atom. The van der Waals surface area contributed by atoms with Gasteiger partial charge in [-0.3, -0.25) is 0 Å². The van der Waals surface area contributed by atoms with Crippen molar-refractivity contribution in [1.82, 2.24) is 10.2 Å². The van der Waals surface area contributed by atoms with Gasteiger partial charge in [0.25, 0.3) is 0 Å². The summed E-state index contributed by atoms with van der Waals surface area (Å²) < 4.78 is 0. The maximum absolute atomic E-state index is 3.52. The van der Waals surface area contributed by atoms with Crippen LogP contribution in [0.2, 0.25) is 0 Å². The average Bonchev–Trinajstić information content (AvgIpc) is 2.89. The summed E-state index contributed by atoms with van der Waals surface area (Å²) in [5.74, 6) is 0.962. The highest BCUT2D eigenvalue weighted by molar-refractivity contribution is 5.14.